The molecule has 0 bridgehead atoms. The topological polar surface area (TPSA) is 114 Å². The molecule has 10 heteroatoms. The Bertz CT molecular complexity index is 1640. The number of methoxy groups -OCH3 is 2. The third kappa shape index (κ3) is 9.17. The Labute approximate surface area is 265 Å². The second-order valence-corrected chi connectivity index (χ2v) is 12.2. The van der Waals surface area contributed by atoms with Crippen LogP contribution in [0.25, 0.3) is 0 Å². The Kier molecular flexibility index (Phi) is 11.7. The van der Waals surface area contributed by atoms with Crippen molar-refractivity contribution in [3.05, 3.63) is 125 Å². The van der Waals surface area contributed by atoms with Crippen molar-refractivity contribution in [3.8, 4) is 11.5 Å². The number of carbonyl (C=O) groups is 2. The van der Waals surface area contributed by atoms with Crippen molar-refractivity contribution in [3.63, 3.8) is 0 Å². The SMILES string of the molecule is CCNS(=O)(=O)c1ccc(CCC(=O)N(Cc2ccc(OC)cc2)C(C(=O)NCc2ccc(OC)cc2)c2ccccc2)cc1. The molecule has 0 saturated heterocycles. The van der Waals surface area contributed by atoms with Crippen LogP contribution in [0.4, 0.5) is 0 Å². The van der Waals surface area contributed by atoms with Crippen molar-refractivity contribution in [2.75, 3.05) is 20.8 Å². The Morgan fingerprint density at radius 2 is 1.31 bits per heavy atom. The minimum Gasteiger partial charge on any atom is -0.497 e. The molecule has 0 radical (unpaired) electrons. The van der Waals surface area contributed by atoms with E-state index in [0.29, 0.717) is 24.3 Å². The highest BCUT2D eigenvalue weighted by molar-refractivity contribution is 7.89. The van der Waals surface area contributed by atoms with Gasteiger partial charge in [0, 0.05) is 26.1 Å². The van der Waals surface area contributed by atoms with E-state index in [1.807, 2.05) is 78.9 Å². The summed E-state index contributed by atoms with van der Waals surface area (Å²) in [6.45, 7) is 2.48. The van der Waals surface area contributed by atoms with Crippen molar-refractivity contribution >= 4 is 21.8 Å². The van der Waals surface area contributed by atoms with Gasteiger partial charge in [-0.1, -0.05) is 73.7 Å². The number of nitrogens with one attached hydrogen (secondary N) is 2. The van der Waals surface area contributed by atoms with Gasteiger partial charge in [-0.2, -0.15) is 0 Å². The summed E-state index contributed by atoms with van der Waals surface area (Å²) in [7, 11) is -0.390. The summed E-state index contributed by atoms with van der Waals surface area (Å²) < 4.78 is 37.7. The van der Waals surface area contributed by atoms with Gasteiger partial charge in [-0.25, -0.2) is 13.1 Å². The Morgan fingerprint density at radius 1 is 0.756 bits per heavy atom. The number of amides is 2. The molecule has 0 aliphatic heterocycles. The van der Waals surface area contributed by atoms with E-state index in [0.717, 1.165) is 22.4 Å². The highest BCUT2D eigenvalue weighted by Gasteiger charge is 2.31. The molecule has 4 aromatic rings. The largest absolute Gasteiger partial charge is 0.497 e. The summed E-state index contributed by atoms with van der Waals surface area (Å²) in [6.07, 6.45) is 0.485. The van der Waals surface area contributed by atoms with E-state index in [9.17, 15) is 18.0 Å². The molecule has 2 amide bonds. The van der Waals surface area contributed by atoms with E-state index in [-0.39, 0.29) is 36.2 Å². The number of sulfonamides is 1. The van der Waals surface area contributed by atoms with Crippen LogP contribution in [0.15, 0.2) is 108 Å². The highest BCUT2D eigenvalue weighted by Crippen LogP contribution is 2.26. The van der Waals surface area contributed by atoms with E-state index in [4.69, 9.17) is 9.47 Å². The van der Waals surface area contributed by atoms with Gasteiger partial charge in [-0.3, -0.25) is 9.59 Å². The van der Waals surface area contributed by atoms with E-state index in [1.165, 1.54) is 12.1 Å². The molecule has 236 valence electrons. The molecular weight excluding hydrogens is 590 g/mol. The lowest BCUT2D eigenvalue weighted by Gasteiger charge is -2.32. The second kappa shape index (κ2) is 15.9. The molecule has 45 heavy (non-hydrogen) atoms. The van der Waals surface area contributed by atoms with Crippen molar-refractivity contribution in [2.24, 2.45) is 0 Å². The first kappa shape index (κ1) is 33.2. The molecule has 9 nitrogen and oxygen atoms in total. The zero-order valence-corrected chi connectivity index (χ0v) is 26.5. The van der Waals surface area contributed by atoms with Crippen LogP contribution < -0.4 is 19.5 Å². The summed E-state index contributed by atoms with van der Waals surface area (Å²) in [4.78, 5) is 29.7. The molecule has 0 aliphatic rings. The van der Waals surface area contributed by atoms with Gasteiger partial charge in [-0.05, 0) is 65.1 Å². The molecule has 1 unspecified atom stereocenters. The van der Waals surface area contributed by atoms with Crippen LogP contribution in [-0.4, -0.2) is 45.9 Å². The molecular formula is C35H39N3O6S. The van der Waals surface area contributed by atoms with Gasteiger partial charge in [0.25, 0.3) is 0 Å². The molecule has 1 atom stereocenters. The maximum absolute atomic E-state index is 14.0. The van der Waals surface area contributed by atoms with Crippen molar-refractivity contribution in [2.45, 2.75) is 43.8 Å². The Hall–Kier alpha value is -4.67. The maximum Gasteiger partial charge on any atom is 0.247 e. The molecule has 0 aliphatic carbocycles. The maximum atomic E-state index is 14.0. The van der Waals surface area contributed by atoms with Crippen molar-refractivity contribution in [1.82, 2.24) is 14.9 Å². The Balaban J connectivity index is 1.60. The summed E-state index contributed by atoms with van der Waals surface area (Å²) in [5, 5.41) is 3.02. The molecule has 2 N–H and O–H groups in total. The fourth-order valence-electron chi connectivity index (χ4n) is 4.89. The number of hydrogen-bond acceptors (Lipinski definition) is 6. The first-order valence-corrected chi connectivity index (χ1v) is 16.2. The number of nitrogens with zero attached hydrogens (tertiary/aromatic N) is 1. The van der Waals surface area contributed by atoms with Gasteiger partial charge in [0.1, 0.15) is 17.5 Å². The second-order valence-electron chi connectivity index (χ2n) is 10.4. The number of rotatable bonds is 15. The number of hydrogen-bond donors (Lipinski definition) is 2. The number of ether oxygens (including phenoxy) is 2. The van der Waals surface area contributed by atoms with Crippen LogP contribution in [0.2, 0.25) is 0 Å². The molecule has 0 heterocycles. The summed E-state index contributed by atoms with van der Waals surface area (Å²) >= 11 is 0. The standard InChI is InChI=1S/C35H39N3O6S/c1-4-37-45(41,42)32-21-14-26(15-22-32)16-23-33(39)38(25-28-12-19-31(44-3)20-13-28)34(29-8-6-5-7-9-29)35(40)36-24-27-10-17-30(43-2)18-11-27/h5-15,17-22,34,37H,4,16,23-25H2,1-3H3,(H,36,40). The lowest BCUT2D eigenvalue weighted by Crippen LogP contribution is -2.43. The van der Waals surface area contributed by atoms with Crippen LogP contribution in [0.5, 0.6) is 11.5 Å². The third-order valence-electron chi connectivity index (χ3n) is 7.33. The first-order chi connectivity index (χ1) is 21.7. The smallest absolute Gasteiger partial charge is 0.247 e. The minimum absolute atomic E-state index is 0.116. The van der Waals surface area contributed by atoms with Crippen LogP contribution in [-0.2, 0) is 39.1 Å². The van der Waals surface area contributed by atoms with E-state index in [2.05, 4.69) is 10.0 Å². The molecule has 4 aromatic carbocycles. The monoisotopic (exact) mass is 629 g/mol. The summed E-state index contributed by atoms with van der Waals surface area (Å²) in [5.41, 5.74) is 3.22. The number of carbonyl (C=O) groups excluding carboxylic acids is 2. The fraction of sp³-hybridized carbons (Fsp3) is 0.257. The molecule has 0 saturated carbocycles. The van der Waals surface area contributed by atoms with Crippen LogP contribution in [0.3, 0.4) is 0 Å². The average molecular weight is 630 g/mol. The predicted octanol–water partition coefficient (Wildman–Crippen LogP) is 5.02. The average Bonchev–Trinajstić information content (AvgIpc) is 3.07. The van der Waals surface area contributed by atoms with E-state index >= 15 is 0 Å². The Morgan fingerprint density at radius 3 is 1.87 bits per heavy atom. The minimum atomic E-state index is -3.58. The normalized spacial score (nSPS) is 11.8. The van der Waals surface area contributed by atoms with Gasteiger partial charge >= 0.3 is 0 Å². The predicted molar refractivity (Wildman–Crippen MR) is 173 cm³/mol. The highest BCUT2D eigenvalue weighted by atomic mass is 32.2. The zero-order chi connectivity index (χ0) is 32.2. The number of benzene rings is 4. The van der Waals surface area contributed by atoms with Gasteiger partial charge in [0.15, 0.2) is 0 Å². The van der Waals surface area contributed by atoms with Gasteiger partial charge in [-0.15, -0.1) is 0 Å². The van der Waals surface area contributed by atoms with Crippen LogP contribution in [0.1, 0.15) is 41.6 Å². The summed E-state index contributed by atoms with van der Waals surface area (Å²) in [5.74, 6) is 0.881. The van der Waals surface area contributed by atoms with E-state index < -0.39 is 16.1 Å². The van der Waals surface area contributed by atoms with Crippen molar-refractivity contribution < 1.29 is 27.5 Å². The lowest BCUT2D eigenvalue weighted by molar-refractivity contribution is -0.141. The van der Waals surface area contributed by atoms with Crippen molar-refractivity contribution in [1.29, 1.82) is 0 Å². The molecule has 4 rings (SSSR count). The van der Waals surface area contributed by atoms with E-state index in [1.54, 1.807) is 38.2 Å². The summed E-state index contributed by atoms with van der Waals surface area (Å²) in [6, 6.07) is 29.7. The molecule has 0 spiro atoms. The molecule has 0 fully saturated rings. The third-order valence-corrected chi connectivity index (χ3v) is 8.89. The van der Waals surface area contributed by atoms with Gasteiger partial charge in [0.2, 0.25) is 21.8 Å². The van der Waals surface area contributed by atoms with Gasteiger partial charge in [0.05, 0.1) is 19.1 Å². The fourth-order valence-corrected chi connectivity index (χ4v) is 5.93. The number of aryl methyl sites for hydroxylation is 1. The first-order valence-electron chi connectivity index (χ1n) is 14.7. The quantitative estimate of drug-likeness (QED) is 0.191. The van der Waals surface area contributed by atoms with Crippen LogP contribution >= 0.6 is 0 Å². The lowest BCUT2D eigenvalue weighted by atomic mass is 10.0. The molecule has 0 aromatic heterocycles. The van der Waals surface area contributed by atoms with Crippen LogP contribution in [0, 0.1) is 0 Å². The zero-order valence-electron chi connectivity index (χ0n) is 25.7. The van der Waals surface area contributed by atoms with Gasteiger partial charge < -0.3 is 19.7 Å².